The van der Waals surface area contributed by atoms with E-state index < -0.39 is 0 Å². The molecule has 23 heavy (non-hydrogen) atoms. The highest BCUT2D eigenvalue weighted by atomic mass is 16.2. The van der Waals surface area contributed by atoms with Gasteiger partial charge in [-0.15, -0.1) is 0 Å². The fourth-order valence-corrected chi connectivity index (χ4v) is 4.02. The molecule has 1 aliphatic carbocycles. The number of carbonyl (C=O) groups is 1. The molecular formula is C19H23N3O. The fraction of sp³-hybridized carbons (Fsp3) is 0.474. The van der Waals surface area contributed by atoms with Gasteiger partial charge in [0, 0.05) is 12.7 Å². The third kappa shape index (κ3) is 2.90. The molecule has 0 saturated carbocycles. The van der Waals surface area contributed by atoms with Gasteiger partial charge in [0.05, 0.1) is 18.2 Å². The normalized spacial score (nSPS) is 20.5. The first-order valence-corrected chi connectivity index (χ1v) is 8.71. The van der Waals surface area contributed by atoms with Crippen LogP contribution in [0.25, 0.3) is 0 Å². The molecule has 2 aromatic rings. The van der Waals surface area contributed by atoms with Crippen LogP contribution in [0, 0.1) is 0 Å². The average Bonchev–Trinajstić information content (AvgIpc) is 3.26. The Morgan fingerprint density at radius 3 is 2.96 bits per heavy atom. The molecule has 0 unspecified atom stereocenters. The number of hydrogen-bond acceptors (Lipinski definition) is 2. The van der Waals surface area contributed by atoms with E-state index in [0.717, 1.165) is 37.1 Å². The van der Waals surface area contributed by atoms with Gasteiger partial charge in [0.1, 0.15) is 0 Å². The molecule has 1 aromatic carbocycles. The Kier molecular flexibility index (Phi) is 3.90. The van der Waals surface area contributed by atoms with Gasteiger partial charge in [-0.1, -0.05) is 18.2 Å². The van der Waals surface area contributed by atoms with Crippen molar-refractivity contribution < 1.29 is 4.79 Å². The maximum Gasteiger partial charge on any atom is 0.227 e. The Balaban J connectivity index is 1.51. The highest BCUT2D eigenvalue weighted by Crippen LogP contribution is 2.30. The van der Waals surface area contributed by atoms with Crippen molar-refractivity contribution in [2.24, 2.45) is 0 Å². The molecule has 1 amide bonds. The number of likely N-dealkylation sites (tertiary alicyclic amines) is 1. The van der Waals surface area contributed by atoms with Crippen LogP contribution < -0.4 is 0 Å². The molecule has 2 heterocycles. The molecule has 4 nitrogen and oxygen atoms in total. The molecule has 0 bridgehead atoms. The lowest BCUT2D eigenvalue weighted by atomic mass is 9.97. The van der Waals surface area contributed by atoms with Crippen LogP contribution in [0.5, 0.6) is 0 Å². The number of H-pyrrole nitrogens is 1. The van der Waals surface area contributed by atoms with E-state index >= 15 is 0 Å². The van der Waals surface area contributed by atoms with Gasteiger partial charge in [-0.05, 0) is 61.3 Å². The number of amides is 1. The number of fused-ring (bicyclic) bond motifs is 1. The summed E-state index contributed by atoms with van der Waals surface area (Å²) >= 11 is 0. The van der Waals surface area contributed by atoms with E-state index in [-0.39, 0.29) is 11.9 Å². The Morgan fingerprint density at radius 1 is 1.17 bits per heavy atom. The second-order valence-corrected chi connectivity index (χ2v) is 6.74. The van der Waals surface area contributed by atoms with Gasteiger partial charge in [0.25, 0.3) is 0 Å². The van der Waals surface area contributed by atoms with Gasteiger partial charge in [0.2, 0.25) is 5.91 Å². The predicted octanol–water partition coefficient (Wildman–Crippen LogP) is 3.19. The largest absolute Gasteiger partial charge is 0.334 e. The zero-order valence-electron chi connectivity index (χ0n) is 13.4. The maximum atomic E-state index is 12.9. The lowest BCUT2D eigenvalue weighted by Gasteiger charge is -2.35. The van der Waals surface area contributed by atoms with Crippen LogP contribution in [0.1, 0.15) is 54.1 Å². The van der Waals surface area contributed by atoms with Gasteiger partial charge in [-0.3, -0.25) is 9.89 Å². The molecule has 4 heteroatoms. The van der Waals surface area contributed by atoms with Gasteiger partial charge in [0.15, 0.2) is 0 Å². The zero-order chi connectivity index (χ0) is 15.6. The Hall–Kier alpha value is -2.10. The van der Waals surface area contributed by atoms with Crippen molar-refractivity contribution >= 4 is 5.91 Å². The van der Waals surface area contributed by atoms with E-state index in [9.17, 15) is 4.79 Å². The topological polar surface area (TPSA) is 49.0 Å². The van der Waals surface area contributed by atoms with Crippen LogP contribution in [0.2, 0.25) is 0 Å². The number of carbonyl (C=O) groups excluding carboxylic acids is 1. The van der Waals surface area contributed by atoms with Crippen LogP contribution in [0.4, 0.5) is 0 Å². The number of aromatic amines is 1. The minimum absolute atomic E-state index is 0.160. The quantitative estimate of drug-likeness (QED) is 0.946. The third-order valence-electron chi connectivity index (χ3n) is 5.22. The molecule has 1 saturated heterocycles. The molecule has 4 rings (SSSR count). The first-order valence-electron chi connectivity index (χ1n) is 8.71. The highest BCUT2D eigenvalue weighted by Gasteiger charge is 2.28. The molecule has 1 atom stereocenters. The Labute approximate surface area is 136 Å². The number of aromatic nitrogens is 2. The number of hydrogen-bond donors (Lipinski definition) is 1. The number of nitrogens with zero attached hydrogens (tertiary/aromatic N) is 2. The first kappa shape index (κ1) is 14.5. The summed E-state index contributed by atoms with van der Waals surface area (Å²) in [6.45, 7) is 0.855. The number of nitrogens with one attached hydrogen (secondary N) is 1. The average molecular weight is 309 g/mol. The second-order valence-electron chi connectivity index (χ2n) is 6.74. The highest BCUT2D eigenvalue weighted by molar-refractivity contribution is 5.79. The molecule has 1 aliphatic heterocycles. The van der Waals surface area contributed by atoms with E-state index in [1.807, 2.05) is 11.0 Å². The van der Waals surface area contributed by atoms with Gasteiger partial charge >= 0.3 is 0 Å². The summed E-state index contributed by atoms with van der Waals surface area (Å²) in [6.07, 6.45) is 9.19. The molecule has 1 fully saturated rings. The molecule has 2 aliphatic rings. The van der Waals surface area contributed by atoms with Crippen molar-refractivity contribution in [3.05, 3.63) is 52.8 Å². The van der Waals surface area contributed by atoms with Crippen molar-refractivity contribution in [1.29, 1.82) is 0 Å². The number of benzene rings is 1. The molecular weight excluding hydrogens is 286 g/mol. The summed E-state index contributed by atoms with van der Waals surface area (Å²) in [5.41, 5.74) is 5.13. The van der Waals surface area contributed by atoms with Gasteiger partial charge in [-0.25, -0.2) is 0 Å². The summed E-state index contributed by atoms with van der Waals surface area (Å²) in [7, 11) is 0. The fourth-order valence-electron chi connectivity index (χ4n) is 4.02. The maximum absolute atomic E-state index is 12.9. The first-order chi connectivity index (χ1) is 11.3. The van der Waals surface area contributed by atoms with Gasteiger partial charge in [-0.2, -0.15) is 5.10 Å². The third-order valence-corrected chi connectivity index (χ3v) is 5.22. The van der Waals surface area contributed by atoms with Crippen molar-refractivity contribution in [3.63, 3.8) is 0 Å². The molecule has 120 valence electrons. The van der Waals surface area contributed by atoms with E-state index in [2.05, 4.69) is 28.4 Å². The minimum atomic E-state index is 0.160. The molecule has 1 N–H and O–H groups in total. The predicted molar refractivity (Wildman–Crippen MR) is 89.1 cm³/mol. The summed E-state index contributed by atoms with van der Waals surface area (Å²) in [4.78, 5) is 14.9. The Morgan fingerprint density at radius 2 is 2.09 bits per heavy atom. The van der Waals surface area contributed by atoms with Crippen LogP contribution in [0.15, 0.2) is 30.5 Å². The van der Waals surface area contributed by atoms with Crippen molar-refractivity contribution in [2.75, 3.05) is 6.54 Å². The Bertz CT molecular complexity index is 693. The van der Waals surface area contributed by atoms with E-state index in [0.29, 0.717) is 6.42 Å². The SMILES string of the molecule is O=C(Cc1ccc2c(c1)CCC2)N1CCCC[C@H]1c1ccn[nH]1. The van der Waals surface area contributed by atoms with E-state index in [1.165, 1.54) is 30.4 Å². The van der Waals surface area contributed by atoms with Crippen molar-refractivity contribution in [1.82, 2.24) is 15.1 Å². The summed E-state index contributed by atoms with van der Waals surface area (Å²) < 4.78 is 0. The lowest BCUT2D eigenvalue weighted by molar-refractivity contribution is -0.134. The number of piperidine rings is 1. The summed E-state index contributed by atoms with van der Waals surface area (Å²) in [5, 5.41) is 7.10. The van der Waals surface area contributed by atoms with Crippen LogP contribution in [0.3, 0.4) is 0 Å². The van der Waals surface area contributed by atoms with Crippen molar-refractivity contribution in [2.45, 2.75) is 51.0 Å². The standard InChI is InChI=1S/C19H23N3O/c23-19(13-14-7-8-15-4-3-5-16(15)12-14)22-11-2-1-6-18(22)17-9-10-20-21-17/h7-10,12,18H,1-6,11,13H2,(H,20,21)/t18-/m0/s1. The van der Waals surface area contributed by atoms with Crippen LogP contribution in [-0.4, -0.2) is 27.5 Å². The second kappa shape index (κ2) is 6.19. The summed E-state index contributed by atoms with van der Waals surface area (Å²) in [6, 6.07) is 8.75. The summed E-state index contributed by atoms with van der Waals surface area (Å²) in [5.74, 6) is 0.238. The minimum Gasteiger partial charge on any atom is -0.334 e. The van der Waals surface area contributed by atoms with E-state index in [1.54, 1.807) is 6.20 Å². The monoisotopic (exact) mass is 309 g/mol. The van der Waals surface area contributed by atoms with Crippen molar-refractivity contribution in [3.8, 4) is 0 Å². The molecule has 1 aromatic heterocycles. The lowest BCUT2D eigenvalue weighted by Crippen LogP contribution is -2.39. The van der Waals surface area contributed by atoms with Crippen LogP contribution >= 0.6 is 0 Å². The van der Waals surface area contributed by atoms with E-state index in [4.69, 9.17) is 0 Å². The van der Waals surface area contributed by atoms with Crippen LogP contribution in [-0.2, 0) is 24.1 Å². The zero-order valence-corrected chi connectivity index (χ0v) is 13.4. The smallest absolute Gasteiger partial charge is 0.227 e. The van der Waals surface area contributed by atoms with Gasteiger partial charge < -0.3 is 4.90 Å². The number of rotatable bonds is 3. The molecule has 0 radical (unpaired) electrons. The molecule has 0 spiro atoms. The number of aryl methyl sites for hydroxylation is 2.